The van der Waals surface area contributed by atoms with Crippen molar-refractivity contribution in [1.82, 2.24) is 10.2 Å². The largest absolute Gasteiger partial charge is 0.350 e. The maximum atomic E-state index is 13.9. The second-order valence-corrected chi connectivity index (χ2v) is 13.1. The number of hydrogen-bond donors (Lipinski definition) is 1. The van der Waals surface area contributed by atoms with Gasteiger partial charge in [0.1, 0.15) is 12.6 Å². The average Bonchev–Trinajstić information content (AvgIpc) is 2.85. The molecule has 3 rings (SSSR count). The van der Waals surface area contributed by atoms with Gasteiger partial charge >= 0.3 is 0 Å². The van der Waals surface area contributed by atoms with E-state index >= 15 is 0 Å². The van der Waals surface area contributed by atoms with Crippen LogP contribution in [0.3, 0.4) is 0 Å². The van der Waals surface area contributed by atoms with Gasteiger partial charge in [0.2, 0.25) is 11.8 Å². The number of rotatable bonds is 9. The van der Waals surface area contributed by atoms with Crippen molar-refractivity contribution < 1.29 is 18.0 Å². The van der Waals surface area contributed by atoms with Gasteiger partial charge in [-0.1, -0.05) is 57.9 Å². The molecule has 1 N–H and O–H groups in total. The van der Waals surface area contributed by atoms with E-state index in [4.69, 9.17) is 11.6 Å². The summed E-state index contributed by atoms with van der Waals surface area (Å²) in [6.07, 6.45) is 0. The molecule has 38 heavy (non-hydrogen) atoms. The summed E-state index contributed by atoms with van der Waals surface area (Å²) in [5.74, 6) is -0.874. The number of benzene rings is 3. The van der Waals surface area contributed by atoms with Crippen LogP contribution in [0.1, 0.15) is 33.3 Å². The first-order valence-corrected chi connectivity index (χ1v) is 14.6. The van der Waals surface area contributed by atoms with Crippen molar-refractivity contribution >= 4 is 55.1 Å². The van der Waals surface area contributed by atoms with Gasteiger partial charge in [-0.2, -0.15) is 0 Å². The summed E-state index contributed by atoms with van der Waals surface area (Å²) in [6.45, 7) is 6.79. The molecule has 1 atom stereocenters. The van der Waals surface area contributed by atoms with Crippen molar-refractivity contribution in [1.29, 1.82) is 0 Å². The van der Waals surface area contributed by atoms with E-state index in [1.165, 1.54) is 17.0 Å². The van der Waals surface area contributed by atoms with Gasteiger partial charge in [0.25, 0.3) is 10.0 Å². The summed E-state index contributed by atoms with van der Waals surface area (Å²) in [5, 5.41) is 3.34. The Kier molecular flexibility index (Phi) is 9.62. The van der Waals surface area contributed by atoms with E-state index in [-0.39, 0.29) is 23.0 Å². The molecule has 0 radical (unpaired) electrons. The number of anilines is 1. The number of carbonyl (C=O) groups is 2. The molecule has 0 aliphatic carbocycles. The van der Waals surface area contributed by atoms with E-state index in [0.717, 1.165) is 14.3 Å². The maximum absolute atomic E-state index is 13.9. The number of nitrogens with one attached hydrogen (secondary N) is 1. The van der Waals surface area contributed by atoms with E-state index < -0.39 is 34.1 Å². The number of hydrogen-bond acceptors (Lipinski definition) is 4. The molecular weight excluding hydrogens is 590 g/mol. The van der Waals surface area contributed by atoms with Gasteiger partial charge in [-0.05, 0) is 81.8 Å². The van der Waals surface area contributed by atoms with Gasteiger partial charge < -0.3 is 10.2 Å². The third-order valence-corrected chi connectivity index (χ3v) is 8.17. The normalized spacial score (nSPS) is 12.5. The zero-order valence-corrected chi connectivity index (χ0v) is 24.8. The fourth-order valence-electron chi connectivity index (χ4n) is 3.74. The summed E-state index contributed by atoms with van der Waals surface area (Å²) >= 11 is 9.49. The lowest BCUT2D eigenvalue weighted by Gasteiger charge is -2.33. The van der Waals surface area contributed by atoms with Crippen LogP contribution in [0.5, 0.6) is 0 Å². The van der Waals surface area contributed by atoms with E-state index in [1.54, 1.807) is 49.4 Å². The standard InChI is InChI=1S/C28H31BrClN3O4S/c1-20(27(35)31-28(2,3)4)32(18-21-9-8-10-22(29)17-21)26(34)19-33(24-15-13-23(30)14-16-24)38(36,37)25-11-6-5-7-12-25/h5-17,20H,18-19H2,1-4H3,(H,31,35)/t20-/m0/s1. The Bertz CT molecular complexity index is 1380. The van der Waals surface area contributed by atoms with E-state index in [0.29, 0.717) is 5.02 Å². The minimum Gasteiger partial charge on any atom is -0.350 e. The third kappa shape index (κ3) is 7.82. The van der Waals surface area contributed by atoms with Crippen LogP contribution in [-0.2, 0) is 26.2 Å². The Hall–Kier alpha value is -2.88. The van der Waals surface area contributed by atoms with E-state index in [1.807, 2.05) is 45.0 Å². The summed E-state index contributed by atoms with van der Waals surface area (Å²) < 4.78 is 29.3. The van der Waals surface area contributed by atoms with Crippen LogP contribution in [0.4, 0.5) is 5.69 Å². The van der Waals surface area contributed by atoms with Crippen molar-refractivity contribution in [2.75, 3.05) is 10.8 Å². The Labute approximate surface area is 238 Å². The molecule has 10 heteroatoms. The number of carbonyl (C=O) groups excluding carboxylic acids is 2. The second kappa shape index (κ2) is 12.3. The minimum atomic E-state index is -4.12. The highest BCUT2D eigenvalue weighted by atomic mass is 79.9. The highest BCUT2D eigenvalue weighted by molar-refractivity contribution is 9.10. The van der Waals surface area contributed by atoms with Crippen LogP contribution in [-0.4, -0.2) is 43.3 Å². The molecule has 2 amide bonds. The molecule has 0 spiro atoms. The topological polar surface area (TPSA) is 86.8 Å². The average molecular weight is 621 g/mol. The second-order valence-electron chi connectivity index (χ2n) is 9.87. The summed E-state index contributed by atoms with van der Waals surface area (Å²) in [4.78, 5) is 28.4. The quantitative estimate of drug-likeness (QED) is 0.336. The smallest absolute Gasteiger partial charge is 0.264 e. The predicted octanol–water partition coefficient (Wildman–Crippen LogP) is 5.63. The zero-order chi connectivity index (χ0) is 28.1. The number of nitrogens with zero attached hydrogens (tertiary/aromatic N) is 2. The Morgan fingerprint density at radius 3 is 2.18 bits per heavy atom. The van der Waals surface area contributed by atoms with Crippen molar-refractivity contribution in [2.45, 2.75) is 50.7 Å². The Balaban J connectivity index is 2.02. The molecular formula is C28H31BrClN3O4S. The molecule has 0 heterocycles. The van der Waals surface area contributed by atoms with Crippen molar-refractivity contribution in [3.8, 4) is 0 Å². The molecule has 0 unspecified atom stereocenters. The summed E-state index contributed by atoms with van der Waals surface area (Å²) in [7, 11) is -4.12. The lowest BCUT2D eigenvalue weighted by molar-refractivity contribution is -0.140. The Morgan fingerprint density at radius 1 is 0.974 bits per heavy atom. The van der Waals surface area contributed by atoms with Crippen LogP contribution in [0.25, 0.3) is 0 Å². The van der Waals surface area contributed by atoms with Gasteiger partial charge in [0, 0.05) is 21.6 Å². The summed E-state index contributed by atoms with van der Waals surface area (Å²) in [5.41, 5.74) is 0.551. The molecule has 0 saturated carbocycles. The SMILES string of the molecule is C[C@@H](C(=O)NC(C)(C)C)N(Cc1cccc(Br)c1)C(=O)CN(c1ccc(Cl)cc1)S(=O)(=O)c1ccccc1. The van der Waals surface area contributed by atoms with Gasteiger partial charge in [0.15, 0.2) is 0 Å². The molecule has 0 bridgehead atoms. The van der Waals surface area contributed by atoms with Gasteiger partial charge in [-0.3, -0.25) is 13.9 Å². The first-order chi connectivity index (χ1) is 17.8. The molecule has 0 aliphatic rings. The molecule has 0 aliphatic heterocycles. The molecule has 3 aromatic carbocycles. The monoisotopic (exact) mass is 619 g/mol. The zero-order valence-electron chi connectivity index (χ0n) is 21.7. The first-order valence-electron chi connectivity index (χ1n) is 12.0. The lowest BCUT2D eigenvalue weighted by atomic mass is 10.1. The Morgan fingerprint density at radius 2 is 1.61 bits per heavy atom. The van der Waals surface area contributed by atoms with Crippen LogP contribution in [0, 0.1) is 0 Å². The van der Waals surface area contributed by atoms with Gasteiger partial charge in [-0.15, -0.1) is 0 Å². The minimum absolute atomic E-state index is 0.0415. The number of halogens is 2. The molecule has 0 fully saturated rings. The number of amides is 2. The van der Waals surface area contributed by atoms with Crippen molar-refractivity contribution in [2.24, 2.45) is 0 Å². The molecule has 3 aromatic rings. The van der Waals surface area contributed by atoms with E-state index in [9.17, 15) is 18.0 Å². The summed E-state index contributed by atoms with van der Waals surface area (Å²) in [6, 6.07) is 20.6. The number of sulfonamides is 1. The van der Waals surface area contributed by atoms with Crippen molar-refractivity contribution in [3.63, 3.8) is 0 Å². The van der Waals surface area contributed by atoms with Gasteiger partial charge in [0.05, 0.1) is 10.6 Å². The molecule has 7 nitrogen and oxygen atoms in total. The highest BCUT2D eigenvalue weighted by Gasteiger charge is 2.33. The first kappa shape index (κ1) is 29.7. The highest BCUT2D eigenvalue weighted by Crippen LogP contribution is 2.26. The van der Waals surface area contributed by atoms with Crippen molar-refractivity contribution in [3.05, 3.63) is 93.9 Å². The fraction of sp³-hybridized carbons (Fsp3) is 0.286. The molecule has 0 saturated heterocycles. The predicted molar refractivity (Wildman–Crippen MR) is 154 cm³/mol. The van der Waals surface area contributed by atoms with Crippen LogP contribution < -0.4 is 9.62 Å². The van der Waals surface area contributed by atoms with Crippen LogP contribution >= 0.6 is 27.5 Å². The van der Waals surface area contributed by atoms with Crippen LogP contribution in [0.15, 0.2) is 88.2 Å². The maximum Gasteiger partial charge on any atom is 0.264 e. The molecule has 202 valence electrons. The van der Waals surface area contributed by atoms with Crippen LogP contribution in [0.2, 0.25) is 5.02 Å². The third-order valence-electron chi connectivity index (χ3n) is 5.63. The van der Waals surface area contributed by atoms with E-state index in [2.05, 4.69) is 21.2 Å². The lowest BCUT2D eigenvalue weighted by Crippen LogP contribution is -2.54. The fourth-order valence-corrected chi connectivity index (χ4v) is 5.75. The molecule has 0 aromatic heterocycles. The van der Waals surface area contributed by atoms with Gasteiger partial charge in [-0.25, -0.2) is 8.42 Å².